The van der Waals surface area contributed by atoms with Gasteiger partial charge < -0.3 is 9.80 Å². The molecule has 0 saturated carbocycles. The Balaban J connectivity index is 1.64. The molecular weight excluding hydrogens is 394 g/mol. The van der Waals surface area contributed by atoms with E-state index in [2.05, 4.69) is 11.1 Å². The number of rotatable bonds is 4. The van der Waals surface area contributed by atoms with Gasteiger partial charge in [0.15, 0.2) is 0 Å². The van der Waals surface area contributed by atoms with E-state index in [1.165, 1.54) is 5.56 Å². The summed E-state index contributed by atoms with van der Waals surface area (Å²) in [7, 11) is 0. The normalized spacial score (nSPS) is 19.6. The number of piperazine rings is 1. The van der Waals surface area contributed by atoms with Crippen molar-refractivity contribution in [2.45, 2.75) is 57.4 Å². The fraction of sp³-hybridized carbons (Fsp3) is 0.458. The summed E-state index contributed by atoms with van der Waals surface area (Å²) in [5.74, 6) is 1.02. The van der Waals surface area contributed by atoms with Crippen LogP contribution in [0.3, 0.4) is 0 Å². The van der Waals surface area contributed by atoms with E-state index >= 15 is 0 Å². The predicted molar refractivity (Wildman–Crippen MR) is 121 cm³/mol. The SMILES string of the molecule is C[C@@H]1CN(C(=O)C(C)(C)C)C[C@@H](C)N1C(=O)c1ccc(SCc2cccnc2)cc1. The number of aromatic nitrogens is 1. The van der Waals surface area contributed by atoms with Crippen molar-refractivity contribution in [3.63, 3.8) is 0 Å². The van der Waals surface area contributed by atoms with E-state index in [9.17, 15) is 9.59 Å². The summed E-state index contributed by atoms with van der Waals surface area (Å²) in [4.78, 5) is 35.0. The maximum atomic E-state index is 13.2. The van der Waals surface area contributed by atoms with E-state index in [0.29, 0.717) is 18.7 Å². The van der Waals surface area contributed by atoms with Crippen molar-refractivity contribution in [3.8, 4) is 0 Å². The van der Waals surface area contributed by atoms with Crippen molar-refractivity contribution in [2.24, 2.45) is 5.41 Å². The van der Waals surface area contributed by atoms with Crippen LogP contribution in [0.1, 0.15) is 50.5 Å². The number of thioether (sulfide) groups is 1. The van der Waals surface area contributed by atoms with Gasteiger partial charge in [-0.25, -0.2) is 0 Å². The quantitative estimate of drug-likeness (QED) is 0.678. The highest BCUT2D eigenvalue weighted by molar-refractivity contribution is 7.98. The van der Waals surface area contributed by atoms with Crippen LogP contribution < -0.4 is 0 Å². The lowest BCUT2D eigenvalue weighted by molar-refractivity contribution is -0.143. The summed E-state index contributed by atoms with van der Waals surface area (Å²) >= 11 is 1.73. The molecule has 0 spiro atoms. The summed E-state index contributed by atoms with van der Waals surface area (Å²) in [5.41, 5.74) is 1.46. The molecule has 0 unspecified atom stereocenters. The molecule has 0 aliphatic carbocycles. The first kappa shape index (κ1) is 22.3. The summed E-state index contributed by atoms with van der Waals surface area (Å²) in [5, 5.41) is 0. The van der Waals surface area contributed by atoms with Gasteiger partial charge in [0.2, 0.25) is 5.91 Å². The minimum atomic E-state index is -0.408. The molecule has 2 atom stereocenters. The van der Waals surface area contributed by atoms with Crippen molar-refractivity contribution < 1.29 is 9.59 Å². The van der Waals surface area contributed by atoms with Gasteiger partial charge in [0.1, 0.15) is 0 Å². The highest BCUT2D eigenvalue weighted by Crippen LogP contribution is 2.26. The van der Waals surface area contributed by atoms with Crippen LogP contribution in [0.4, 0.5) is 0 Å². The van der Waals surface area contributed by atoms with Crippen LogP contribution in [-0.2, 0) is 10.5 Å². The van der Waals surface area contributed by atoms with Gasteiger partial charge in [-0.1, -0.05) is 26.8 Å². The van der Waals surface area contributed by atoms with Gasteiger partial charge in [0.25, 0.3) is 5.91 Å². The lowest BCUT2D eigenvalue weighted by atomic mass is 9.93. The van der Waals surface area contributed by atoms with Crippen molar-refractivity contribution in [1.82, 2.24) is 14.8 Å². The van der Waals surface area contributed by atoms with E-state index in [1.807, 2.05) is 80.9 Å². The maximum Gasteiger partial charge on any atom is 0.254 e. The third-order valence-electron chi connectivity index (χ3n) is 5.31. The molecule has 5 nitrogen and oxygen atoms in total. The molecule has 1 aliphatic heterocycles. The lowest BCUT2D eigenvalue weighted by Crippen LogP contribution is -2.61. The van der Waals surface area contributed by atoms with Crippen LogP contribution in [0.25, 0.3) is 0 Å². The molecule has 30 heavy (non-hydrogen) atoms. The number of carbonyl (C=O) groups excluding carboxylic acids is 2. The number of nitrogens with zero attached hydrogens (tertiary/aromatic N) is 3. The second kappa shape index (κ2) is 9.21. The topological polar surface area (TPSA) is 53.5 Å². The van der Waals surface area contributed by atoms with Crippen LogP contribution >= 0.6 is 11.8 Å². The number of carbonyl (C=O) groups is 2. The molecule has 2 heterocycles. The summed E-state index contributed by atoms with van der Waals surface area (Å²) in [6.45, 7) is 11.0. The molecule has 1 fully saturated rings. The van der Waals surface area contributed by atoms with Crippen molar-refractivity contribution in [3.05, 3.63) is 59.9 Å². The fourth-order valence-electron chi connectivity index (χ4n) is 3.86. The Hall–Kier alpha value is -2.34. The number of pyridine rings is 1. The minimum Gasteiger partial charge on any atom is -0.338 e. The highest BCUT2D eigenvalue weighted by Gasteiger charge is 2.38. The average Bonchev–Trinajstić information content (AvgIpc) is 2.71. The van der Waals surface area contributed by atoms with Gasteiger partial charge in [0.05, 0.1) is 0 Å². The minimum absolute atomic E-state index is 0.0211. The van der Waals surface area contributed by atoms with Gasteiger partial charge in [-0.05, 0) is 49.7 Å². The molecule has 2 aromatic rings. The molecule has 0 bridgehead atoms. The summed E-state index contributed by atoms with van der Waals surface area (Å²) < 4.78 is 0. The Bertz CT molecular complexity index is 866. The zero-order valence-corrected chi connectivity index (χ0v) is 19.3. The molecule has 0 radical (unpaired) electrons. The van der Waals surface area contributed by atoms with Crippen molar-refractivity contribution in [1.29, 1.82) is 0 Å². The van der Waals surface area contributed by atoms with E-state index < -0.39 is 5.41 Å². The number of hydrogen-bond acceptors (Lipinski definition) is 4. The Morgan fingerprint density at radius 2 is 1.70 bits per heavy atom. The zero-order valence-electron chi connectivity index (χ0n) is 18.5. The lowest BCUT2D eigenvalue weighted by Gasteiger charge is -2.46. The first-order valence-electron chi connectivity index (χ1n) is 10.4. The van der Waals surface area contributed by atoms with Crippen LogP contribution in [-0.4, -0.2) is 51.8 Å². The molecule has 6 heteroatoms. The van der Waals surface area contributed by atoms with Gasteiger partial charge in [-0.15, -0.1) is 11.8 Å². The standard InChI is InChI=1S/C24H31N3O2S/c1-17-14-26(23(29)24(3,4)5)15-18(2)27(17)22(28)20-8-10-21(11-9-20)30-16-19-7-6-12-25-13-19/h6-13,17-18H,14-16H2,1-5H3/t17-,18-/m1/s1. The van der Waals surface area contributed by atoms with Gasteiger partial charge in [-0.2, -0.15) is 0 Å². The third-order valence-corrected chi connectivity index (χ3v) is 6.40. The average molecular weight is 426 g/mol. The predicted octanol–water partition coefficient (Wildman–Crippen LogP) is 4.48. The molecule has 3 rings (SSSR count). The highest BCUT2D eigenvalue weighted by atomic mass is 32.2. The first-order valence-corrected chi connectivity index (χ1v) is 11.4. The smallest absolute Gasteiger partial charge is 0.254 e. The maximum absolute atomic E-state index is 13.2. The Morgan fingerprint density at radius 1 is 1.07 bits per heavy atom. The third kappa shape index (κ3) is 5.22. The molecule has 1 aliphatic rings. The largest absolute Gasteiger partial charge is 0.338 e. The Labute approximate surface area is 183 Å². The van der Waals surface area contributed by atoms with E-state index in [0.717, 1.165) is 10.6 Å². The van der Waals surface area contributed by atoms with Crippen LogP contribution in [0, 0.1) is 5.41 Å². The van der Waals surface area contributed by atoms with Crippen LogP contribution in [0.15, 0.2) is 53.7 Å². The second-order valence-electron chi connectivity index (χ2n) is 9.04. The molecule has 1 saturated heterocycles. The van der Waals surface area contributed by atoms with Gasteiger partial charge >= 0.3 is 0 Å². The Morgan fingerprint density at radius 3 is 2.23 bits per heavy atom. The zero-order chi connectivity index (χ0) is 21.9. The van der Waals surface area contributed by atoms with E-state index in [-0.39, 0.29) is 23.9 Å². The fourth-order valence-corrected chi connectivity index (χ4v) is 4.69. The van der Waals surface area contributed by atoms with Crippen LogP contribution in [0.5, 0.6) is 0 Å². The number of benzene rings is 1. The van der Waals surface area contributed by atoms with Crippen molar-refractivity contribution in [2.75, 3.05) is 13.1 Å². The van der Waals surface area contributed by atoms with Crippen LogP contribution in [0.2, 0.25) is 0 Å². The van der Waals surface area contributed by atoms with E-state index in [4.69, 9.17) is 0 Å². The monoisotopic (exact) mass is 425 g/mol. The molecule has 2 amide bonds. The van der Waals surface area contributed by atoms with Gasteiger partial charge in [-0.3, -0.25) is 14.6 Å². The molecular formula is C24H31N3O2S. The number of amides is 2. The molecule has 160 valence electrons. The van der Waals surface area contributed by atoms with Gasteiger partial charge in [0, 0.05) is 59.2 Å². The molecule has 1 aromatic heterocycles. The molecule has 1 aromatic carbocycles. The molecule has 0 N–H and O–H groups in total. The first-order chi connectivity index (χ1) is 14.2. The Kier molecular flexibility index (Phi) is 6.86. The van der Waals surface area contributed by atoms with Crippen molar-refractivity contribution >= 4 is 23.6 Å². The second-order valence-corrected chi connectivity index (χ2v) is 10.1. The summed E-state index contributed by atoms with van der Waals surface area (Å²) in [6.07, 6.45) is 3.65. The number of hydrogen-bond donors (Lipinski definition) is 0. The van der Waals surface area contributed by atoms with E-state index in [1.54, 1.807) is 18.0 Å². The summed E-state index contributed by atoms with van der Waals surface area (Å²) in [6, 6.07) is 11.8.